The molecule has 1 fully saturated rings. The largest absolute Gasteiger partial charge is 0.354 e. The minimum atomic E-state index is -0.505. The summed E-state index contributed by atoms with van der Waals surface area (Å²) in [5, 5.41) is 2.80. The summed E-state index contributed by atoms with van der Waals surface area (Å²) in [6.45, 7) is 11.1. The Morgan fingerprint density at radius 3 is 2.45 bits per heavy atom. The summed E-state index contributed by atoms with van der Waals surface area (Å²) in [5.74, 6) is 1.43. The SMILES string of the molecule is Cc1cc(N2CCN(C(C)C(=O)Nc3ccc(F)c(Cl)c3)CC2)nc(C(C)C)n1. The predicted molar refractivity (Wildman–Crippen MR) is 114 cm³/mol. The highest BCUT2D eigenvalue weighted by Crippen LogP contribution is 2.21. The van der Waals surface area contributed by atoms with Crippen LogP contribution in [0.2, 0.25) is 5.02 Å². The zero-order valence-corrected chi connectivity index (χ0v) is 18.0. The van der Waals surface area contributed by atoms with Gasteiger partial charge in [0.2, 0.25) is 5.91 Å². The number of benzene rings is 1. The van der Waals surface area contributed by atoms with Crippen LogP contribution in [0.3, 0.4) is 0 Å². The second-order valence-corrected chi connectivity index (χ2v) is 8.10. The van der Waals surface area contributed by atoms with E-state index in [1.165, 1.54) is 18.2 Å². The summed E-state index contributed by atoms with van der Waals surface area (Å²) >= 11 is 5.79. The number of amides is 1. The smallest absolute Gasteiger partial charge is 0.241 e. The summed E-state index contributed by atoms with van der Waals surface area (Å²) < 4.78 is 13.3. The standard InChI is InChI=1S/C21H27ClFN5O/c1-13(2)20-24-14(3)11-19(26-20)28-9-7-27(8-10-28)15(4)21(29)25-16-5-6-18(23)17(22)12-16/h5-6,11-13,15H,7-10H2,1-4H3,(H,25,29). The highest BCUT2D eigenvalue weighted by atomic mass is 35.5. The maximum atomic E-state index is 13.3. The van der Waals surface area contributed by atoms with Gasteiger partial charge in [0.15, 0.2) is 0 Å². The van der Waals surface area contributed by atoms with E-state index >= 15 is 0 Å². The fraction of sp³-hybridized carbons (Fsp3) is 0.476. The first kappa shape index (κ1) is 21.5. The number of anilines is 2. The molecule has 1 N–H and O–H groups in total. The van der Waals surface area contributed by atoms with Crippen LogP contribution in [0.1, 0.15) is 38.2 Å². The van der Waals surface area contributed by atoms with Gasteiger partial charge in [0, 0.05) is 49.5 Å². The third-order valence-electron chi connectivity index (χ3n) is 5.13. The number of rotatable bonds is 5. The summed E-state index contributed by atoms with van der Waals surface area (Å²) in [5.41, 5.74) is 1.45. The van der Waals surface area contributed by atoms with E-state index in [0.717, 1.165) is 43.5 Å². The average molecular weight is 420 g/mol. The fourth-order valence-electron chi connectivity index (χ4n) is 3.32. The van der Waals surface area contributed by atoms with Gasteiger partial charge in [0.25, 0.3) is 0 Å². The van der Waals surface area contributed by atoms with Crippen molar-refractivity contribution < 1.29 is 9.18 Å². The van der Waals surface area contributed by atoms with Crippen molar-refractivity contribution in [3.8, 4) is 0 Å². The molecule has 8 heteroatoms. The van der Waals surface area contributed by atoms with Crippen molar-refractivity contribution in [2.45, 2.75) is 39.7 Å². The Labute approximate surface area is 176 Å². The van der Waals surface area contributed by atoms with Crippen molar-refractivity contribution in [1.29, 1.82) is 0 Å². The quantitative estimate of drug-likeness (QED) is 0.797. The number of aromatic nitrogens is 2. The Morgan fingerprint density at radius 2 is 1.83 bits per heavy atom. The summed E-state index contributed by atoms with van der Waals surface area (Å²) in [6.07, 6.45) is 0. The van der Waals surface area contributed by atoms with Gasteiger partial charge >= 0.3 is 0 Å². The Hall–Kier alpha value is -2.25. The molecule has 3 rings (SSSR count). The number of halogens is 2. The van der Waals surface area contributed by atoms with Gasteiger partial charge in [-0.3, -0.25) is 9.69 Å². The molecule has 1 atom stereocenters. The molecule has 1 saturated heterocycles. The topological polar surface area (TPSA) is 61.4 Å². The fourth-order valence-corrected chi connectivity index (χ4v) is 3.50. The molecule has 1 aliphatic rings. The number of carbonyl (C=O) groups is 1. The van der Waals surface area contributed by atoms with Crippen molar-refractivity contribution in [1.82, 2.24) is 14.9 Å². The van der Waals surface area contributed by atoms with Crippen LogP contribution in [0.25, 0.3) is 0 Å². The first-order valence-electron chi connectivity index (χ1n) is 9.85. The Kier molecular flexibility index (Phi) is 6.70. The number of carbonyl (C=O) groups excluding carboxylic acids is 1. The van der Waals surface area contributed by atoms with Gasteiger partial charge in [-0.25, -0.2) is 14.4 Å². The number of hydrogen-bond acceptors (Lipinski definition) is 5. The average Bonchev–Trinajstić information content (AvgIpc) is 2.69. The highest BCUT2D eigenvalue weighted by Gasteiger charge is 2.26. The number of hydrogen-bond donors (Lipinski definition) is 1. The maximum absolute atomic E-state index is 13.3. The Morgan fingerprint density at radius 1 is 1.14 bits per heavy atom. The van der Waals surface area contributed by atoms with Gasteiger partial charge in [-0.2, -0.15) is 0 Å². The van der Waals surface area contributed by atoms with Crippen LogP contribution >= 0.6 is 11.6 Å². The number of piperazine rings is 1. The van der Waals surface area contributed by atoms with Crippen molar-refractivity contribution in [2.75, 3.05) is 36.4 Å². The van der Waals surface area contributed by atoms with Crippen LogP contribution in [0.4, 0.5) is 15.9 Å². The minimum Gasteiger partial charge on any atom is -0.354 e. The lowest BCUT2D eigenvalue weighted by atomic mass is 10.2. The Balaban J connectivity index is 1.59. The van der Waals surface area contributed by atoms with Gasteiger partial charge in [-0.1, -0.05) is 25.4 Å². The normalized spacial score (nSPS) is 16.2. The number of nitrogens with one attached hydrogen (secondary N) is 1. The van der Waals surface area contributed by atoms with Gasteiger partial charge < -0.3 is 10.2 Å². The molecule has 2 heterocycles. The lowest BCUT2D eigenvalue weighted by Crippen LogP contribution is -2.53. The van der Waals surface area contributed by atoms with E-state index in [1.807, 2.05) is 19.9 Å². The Bertz CT molecular complexity index is 883. The molecule has 1 aromatic heterocycles. The van der Waals surface area contributed by atoms with E-state index in [1.54, 1.807) is 0 Å². The monoisotopic (exact) mass is 419 g/mol. The van der Waals surface area contributed by atoms with Crippen LogP contribution < -0.4 is 10.2 Å². The van der Waals surface area contributed by atoms with E-state index in [9.17, 15) is 9.18 Å². The molecule has 29 heavy (non-hydrogen) atoms. The molecular weight excluding hydrogens is 393 g/mol. The molecule has 0 aliphatic carbocycles. The number of aryl methyl sites for hydroxylation is 1. The highest BCUT2D eigenvalue weighted by molar-refractivity contribution is 6.31. The van der Waals surface area contributed by atoms with Crippen molar-refractivity contribution in [3.05, 3.63) is 46.6 Å². The second kappa shape index (κ2) is 9.05. The summed E-state index contributed by atoms with van der Waals surface area (Å²) in [7, 11) is 0. The molecule has 0 radical (unpaired) electrons. The van der Waals surface area contributed by atoms with E-state index in [0.29, 0.717) is 5.69 Å². The molecule has 2 aromatic rings. The molecule has 1 amide bonds. The third kappa shape index (κ3) is 5.22. The summed E-state index contributed by atoms with van der Waals surface area (Å²) in [6, 6.07) is 5.88. The van der Waals surface area contributed by atoms with Gasteiger partial charge in [-0.15, -0.1) is 0 Å². The first-order chi connectivity index (χ1) is 13.7. The van der Waals surface area contributed by atoms with Gasteiger partial charge in [0.05, 0.1) is 11.1 Å². The van der Waals surface area contributed by atoms with E-state index < -0.39 is 5.82 Å². The minimum absolute atomic E-state index is 0.00928. The predicted octanol–water partition coefficient (Wildman–Crippen LogP) is 3.85. The molecule has 156 valence electrons. The van der Waals surface area contributed by atoms with E-state index in [4.69, 9.17) is 16.6 Å². The van der Waals surface area contributed by atoms with Crippen LogP contribution in [0, 0.1) is 12.7 Å². The van der Waals surface area contributed by atoms with Crippen molar-refractivity contribution in [2.24, 2.45) is 0 Å². The third-order valence-corrected chi connectivity index (χ3v) is 5.42. The first-order valence-corrected chi connectivity index (χ1v) is 10.2. The number of nitrogens with zero attached hydrogens (tertiary/aromatic N) is 4. The maximum Gasteiger partial charge on any atom is 0.241 e. The van der Waals surface area contributed by atoms with Gasteiger partial charge in [-0.05, 0) is 32.0 Å². The molecule has 0 saturated carbocycles. The van der Waals surface area contributed by atoms with E-state index in [-0.39, 0.29) is 22.9 Å². The molecular formula is C21H27ClFN5O. The molecule has 0 spiro atoms. The zero-order valence-electron chi connectivity index (χ0n) is 17.2. The van der Waals surface area contributed by atoms with Crippen LogP contribution in [0.15, 0.2) is 24.3 Å². The summed E-state index contributed by atoms with van der Waals surface area (Å²) in [4.78, 5) is 26.2. The van der Waals surface area contributed by atoms with Gasteiger partial charge in [0.1, 0.15) is 17.5 Å². The van der Waals surface area contributed by atoms with Crippen molar-refractivity contribution >= 4 is 29.0 Å². The molecule has 1 unspecified atom stereocenters. The second-order valence-electron chi connectivity index (χ2n) is 7.70. The molecule has 1 aliphatic heterocycles. The molecule has 6 nitrogen and oxygen atoms in total. The molecule has 1 aromatic carbocycles. The van der Waals surface area contributed by atoms with Crippen molar-refractivity contribution in [3.63, 3.8) is 0 Å². The molecule has 0 bridgehead atoms. The van der Waals surface area contributed by atoms with Crippen LogP contribution in [-0.4, -0.2) is 53.0 Å². The zero-order chi connectivity index (χ0) is 21.1. The lowest BCUT2D eigenvalue weighted by molar-refractivity contribution is -0.120. The van der Waals surface area contributed by atoms with Crippen LogP contribution in [0.5, 0.6) is 0 Å². The van der Waals surface area contributed by atoms with E-state index in [2.05, 4.69) is 33.9 Å². The van der Waals surface area contributed by atoms with Crippen LogP contribution in [-0.2, 0) is 4.79 Å². The lowest BCUT2D eigenvalue weighted by Gasteiger charge is -2.38.